The molecule has 0 radical (unpaired) electrons. The summed E-state index contributed by atoms with van der Waals surface area (Å²) < 4.78 is 5.31. The third-order valence-corrected chi connectivity index (χ3v) is 4.25. The summed E-state index contributed by atoms with van der Waals surface area (Å²) in [7, 11) is 0. The number of anilines is 1. The molecule has 1 heterocycles. The van der Waals surface area contributed by atoms with Crippen molar-refractivity contribution in [3.63, 3.8) is 0 Å². The summed E-state index contributed by atoms with van der Waals surface area (Å²) in [6.45, 7) is 0.621. The molecule has 1 aromatic heterocycles. The topological polar surface area (TPSA) is 51.0 Å². The Morgan fingerprint density at radius 1 is 1.20 bits per heavy atom. The lowest BCUT2D eigenvalue weighted by Crippen LogP contribution is -2.08. The summed E-state index contributed by atoms with van der Waals surface area (Å²) in [5, 5.41) is 7.52. The van der Waals surface area contributed by atoms with Gasteiger partial charge in [0.05, 0.1) is 6.54 Å². The van der Waals surface area contributed by atoms with Gasteiger partial charge in [-0.3, -0.25) is 0 Å². The Kier molecular flexibility index (Phi) is 2.94. The third kappa shape index (κ3) is 2.30. The van der Waals surface area contributed by atoms with Gasteiger partial charge in [-0.05, 0) is 55.7 Å². The SMILES string of the molecule is c1cc2c(c(NCc3nc(C4CC4)no3)c1)CCCC2. The summed E-state index contributed by atoms with van der Waals surface area (Å²) in [5.41, 5.74) is 4.19. The van der Waals surface area contributed by atoms with E-state index in [1.54, 1.807) is 0 Å². The lowest BCUT2D eigenvalue weighted by atomic mass is 9.90. The van der Waals surface area contributed by atoms with Gasteiger partial charge in [0.15, 0.2) is 5.82 Å². The van der Waals surface area contributed by atoms with Crippen LogP contribution in [0.2, 0.25) is 0 Å². The van der Waals surface area contributed by atoms with E-state index in [9.17, 15) is 0 Å². The van der Waals surface area contributed by atoms with Gasteiger partial charge in [-0.25, -0.2) is 0 Å². The molecule has 2 aliphatic carbocycles. The molecule has 0 atom stereocenters. The lowest BCUT2D eigenvalue weighted by molar-refractivity contribution is 0.378. The Morgan fingerprint density at radius 3 is 3.00 bits per heavy atom. The van der Waals surface area contributed by atoms with Crippen LogP contribution in [0.1, 0.15) is 54.4 Å². The Labute approximate surface area is 118 Å². The molecule has 104 valence electrons. The largest absolute Gasteiger partial charge is 0.376 e. The predicted octanol–water partition coefficient (Wildman–Crippen LogP) is 3.44. The van der Waals surface area contributed by atoms with Crippen molar-refractivity contribution in [3.05, 3.63) is 41.0 Å². The molecule has 0 aliphatic heterocycles. The minimum absolute atomic E-state index is 0.553. The highest BCUT2D eigenvalue weighted by Crippen LogP contribution is 2.38. The smallest absolute Gasteiger partial charge is 0.245 e. The van der Waals surface area contributed by atoms with Gasteiger partial charge in [0.25, 0.3) is 0 Å². The molecule has 2 aliphatic rings. The molecule has 1 aromatic carbocycles. The van der Waals surface area contributed by atoms with E-state index in [1.807, 2.05) is 0 Å². The number of aryl methyl sites for hydroxylation is 1. The van der Waals surface area contributed by atoms with E-state index in [4.69, 9.17) is 4.52 Å². The first-order valence-electron chi connectivity index (χ1n) is 7.57. The van der Waals surface area contributed by atoms with Gasteiger partial charge < -0.3 is 9.84 Å². The summed E-state index contributed by atoms with van der Waals surface area (Å²) >= 11 is 0. The van der Waals surface area contributed by atoms with Crippen molar-refractivity contribution < 1.29 is 4.52 Å². The molecule has 1 saturated carbocycles. The zero-order chi connectivity index (χ0) is 13.4. The maximum atomic E-state index is 5.31. The van der Waals surface area contributed by atoms with Crippen LogP contribution in [-0.4, -0.2) is 10.1 Å². The quantitative estimate of drug-likeness (QED) is 0.923. The average Bonchev–Trinajstić information content (AvgIpc) is 3.24. The van der Waals surface area contributed by atoms with Gasteiger partial charge in [0, 0.05) is 11.6 Å². The molecule has 4 heteroatoms. The van der Waals surface area contributed by atoms with E-state index in [0.29, 0.717) is 18.4 Å². The molecule has 4 rings (SSSR count). The number of fused-ring (bicyclic) bond motifs is 1. The maximum absolute atomic E-state index is 5.31. The van der Waals surface area contributed by atoms with Crippen LogP contribution in [-0.2, 0) is 19.4 Å². The molecule has 1 N–H and O–H groups in total. The summed E-state index contributed by atoms with van der Waals surface area (Å²) in [4.78, 5) is 4.46. The fraction of sp³-hybridized carbons (Fsp3) is 0.500. The number of rotatable bonds is 4. The fourth-order valence-corrected chi connectivity index (χ4v) is 2.96. The first kappa shape index (κ1) is 11.9. The highest BCUT2D eigenvalue weighted by Gasteiger charge is 2.28. The highest BCUT2D eigenvalue weighted by molar-refractivity contribution is 5.55. The fourth-order valence-electron chi connectivity index (χ4n) is 2.96. The molecule has 0 saturated heterocycles. The van der Waals surface area contributed by atoms with Crippen LogP contribution in [0, 0.1) is 0 Å². The summed E-state index contributed by atoms with van der Waals surface area (Å²) in [6, 6.07) is 6.54. The zero-order valence-electron chi connectivity index (χ0n) is 11.6. The second-order valence-corrected chi connectivity index (χ2v) is 5.82. The van der Waals surface area contributed by atoms with Gasteiger partial charge in [0.2, 0.25) is 5.89 Å². The first-order valence-corrected chi connectivity index (χ1v) is 7.57. The standard InChI is InChI=1S/C16H19N3O/c1-2-6-13-11(4-1)5-3-7-14(13)17-10-15-18-16(19-20-15)12-8-9-12/h3,5,7,12,17H,1-2,4,6,8-10H2. The number of hydrogen-bond acceptors (Lipinski definition) is 4. The van der Waals surface area contributed by atoms with Crippen molar-refractivity contribution in [2.75, 3.05) is 5.32 Å². The second kappa shape index (κ2) is 4.93. The van der Waals surface area contributed by atoms with Gasteiger partial charge in [-0.1, -0.05) is 17.3 Å². The van der Waals surface area contributed by atoms with E-state index < -0.39 is 0 Å². The number of nitrogens with zero attached hydrogens (tertiary/aromatic N) is 2. The Balaban J connectivity index is 1.48. The van der Waals surface area contributed by atoms with Crippen LogP contribution in [0.3, 0.4) is 0 Å². The lowest BCUT2D eigenvalue weighted by Gasteiger charge is -2.19. The van der Waals surface area contributed by atoms with E-state index in [-0.39, 0.29) is 0 Å². The molecule has 1 fully saturated rings. The van der Waals surface area contributed by atoms with Crippen LogP contribution in [0.5, 0.6) is 0 Å². The number of benzene rings is 1. The molecule has 0 spiro atoms. The van der Waals surface area contributed by atoms with Crippen LogP contribution < -0.4 is 5.32 Å². The molecule has 20 heavy (non-hydrogen) atoms. The Hall–Kier alpha value is -1.84. The van der Waals surface area contributed by atoms with E-state index in [1.165, 1.54) is 55.3 Å². The monoisotopic (exact) mass is 269 g/mol. The van der Waals surface area contributed by atoms with Crippen LogP contribution in [0.15, 0.2) is 22.7 Å². The average molecular weight is 269 g/mol. The maximum Gasteiger partial charge on any atom is 0.245 e. The minimum Gasteiger partial charge on any atom is -0.376 e. The van der Waals surface area contributed by atoms with Gasteiger partial charge in [-0.2, -0.15) is 4.98 Å². The van der Waals surface area contributed by atoms with Crippen molar-refractivity contribution in [2.24, 2.45) is 0 Å². The first-order chi connectivity index (χ1) is 9.90. The molecule has 0 unspecified atom stereocenters. The van der Waals surface area contributed by atoms with Gasteiger partial charge in [0.1, 0.15) is 0 Å². The minimum atomic E-state index is 0.553. The number of hydrogen-bond donors (Lipinski definition) is 1. The molecule has 0 amide bonds. The molecule has 2 aromatic rings. The van der Waals surface area contributed by atoms with Crippen molar-refractivity contribution in [1.29, 1.82) is 0 Å². The van der Waals surface area contributed by atoms with Gasteiger partial charge >= 0.3 is 0 Å². The van der Waals surface area contributed by atoms with Crippen molar-refractivity contribution in [3.8, 4) is 0 Å². The number of nitrogens with one attached hydrogen (secondary N) is 1. The summed E-state index contributed by atoms with van der Waals surface area (Å²) in [6.07, 6.45) is 7.40. The summed E-state index contributed by atoms with van der Waals surface area (Å²) in [5.74, 6) is 2.13. The second-order valence-electron chi connectivity index (χ2n) is 5.82. The van der Waals surface area contributed by atoms with Crippen LogP contribution in [0.25, 0.3) is 0 Å². The van der Waals surface area contributed by atoms with Crippen molar-refractivity contribution in [2.45, 2.75) is 51.0 Å². The predicted molar refractivity (Wildman–Crippen MR) is 76.7 cm³/mol. The normalized spacial score (nSPS) is 17.8. The van der Waals surface area contributed by atoms with E-state index in [2.05, 4.69) is 33.7 Å². The van der Waals surface area contributed by atoms with Crippen LogP contribution in [0.4, 0.5) is 5.69 Å². The number of aromatic nitrogens is 2. The molecule has 0 bridgehead atoms. The molecule has 4 nitrogen and oxygen atoms in total. The van der Waals surface area contributed by atoms with Crippen molar-refractivity contribution >= 4 is 5.69 Å². The van der Waals surface area contributed by atoms with Crippen LogP contribution >= 0.6 is 0 Å². The third-order valence-electron chi connectivity index (χ3n) is 4.25. The van der Waals surface area contributed by atoms with E-state index in [0.717, 1.165) is 5.82 Å². The van der Waals surface area contributed by atoms with E-state index >= 15 is 0 Å². The highest BCUT2D eigenvalue weighted by atomic mass is 16.5. The van der Waals surface area contributed by atoms with Crippen molar-refractivity contribution in [1.82, 2.24) is 10.1 Å². The molecular formula is C16H19N3O. The molecular weight excluding hydrogens is 250 g/mol. The zero-order valence-corrected chi connectivity index (χ0v) is 11.6. The van der Waals surface area contributed by atoms with Gasteiger partial charge in [-0.15, -0.1) is 0 Å². The Morgan fingerprint density at radius 2 is 2.10 bits per heavy atom. The Bertz CT molecular complexity index is 616.